The smallest absolute Gasteiger partial charge is 0.273 e. The van der Waals surface area contributed by atoms with Crippen LogP contribution >= 0.6 is 0 Å². The highest BCUT2D eigenvalue weighted by molar-refractivity contribution is 5.82. The average molecular weight is 260 g/mol. The van der Waals surface area contributed by atoms with Crippen LogP contribution in [0.4, 0.5) is 0 Å². The molecule has 20 heavy (non-hydrogen) atoms. The first-order chi connectivity index (χ1) is 9.70. The normalized spacial score (nSPS) is 10.4. The number of hydrogen-bond acceptors (Lipinski definition) is 2. The standard InChI is InChI=1S/C17H12N2O/c1-12-7-8-13-10-14(11-18)17(20)19(16(13)9-12)15-5-3-2-4-6-15/h2-10H,1H3. The van der Waals surface area contributed by atoms with E-state index >= 15 is 0 Å². The average Bonchev–Trinajstić information content (AvgIpc) is 2.47. The maximum atomic E-state index is 12.5. The van der Waals surface area contributed by atoms with Crippen molar-refractivity contribution < 1.29 is 0 Å². The fourth-order valence-electron chi connectivity index (χ4n) is 2.33. The molecule has 0 atom stereocenters. The molecule has 3 heteroatoms. The molecule has 0 aliphatic carbocycles. The van der Waals surface area contributed by atoms with E-state index in [1.165, 1.54) is 0 Å². The number of fused-ring (bicyclic) bond motifs is 1. The Morgan fingerprint density at radius 2 is 1.80 bits per heavy atom. The van der Waals surface area contributed by atoms with Crippen LogP contribution < -0.4 is 5.56 Å². The van der Waals surface area contributed by atoms with Gasteiger partial charge in [0.25, 0.3) is 5.56 Å². The van der Waals surface area contributed by atoms with E-state index in [0.29, 0.717) is 0 Å². The number of para-hydroxylation sites is 1. The molecule has 0 radical (unpaired) electrons. The largest absolute Gasteiger partial charge is 0.276 e. The Hall–Kier alpha value is -2.86. The summed E-state index contributed by atoms with van der Waals surface area (Å²) in [6, 6.07) is 18.9. The number of pyridine rings is 1. The van der Waals surface area contributed by atoms with Gasteiger partial charge < -0.3 is 0 Å². The number of hydrogen-bond donors (Lipinski definition) is 0. The van der Waals surface area contributed by atoms with Crippen LogP contribution in [0.1, 0.15) is 11.1 Å². The molecule has 0 saturated carbocycles. The molecule has 0 amide bonds. The van der Waals surface area contributed by atoms with E-state index in [-0.39, 0.29) is 11.1 Å². The Balaban J connectivity index is 2.51. The third kappa shape index (κ3) is 1.88. The van der Waals surface area contributed by atoms with Crippen LogP contribution in [-0.2, 0) is 0 Å². The molecule has 0 aliphatic rings. The Kier molecular flexibility index (Phi) is 2.85. The second-order valence-corrected chi connectivity index (χ2v) is 4.71. The minimum atomic E-state index is -0.281. The van der Waals surface area contributed by atoms with Gasteiger partial charge in [-0.2, -0.15) is 5.26 Å². The maximum Gasteiger partial charge on any atom is 0.273 e. The lowest BCUT2D eigenvalue weighted by Gasteiger charge is -2.11. The van der Waals surface area contributed by atoms with E-state index in [1.807, 2.05) is 61.5 Å². The molecular weight excluding hydrogens is 248 g/mol. The van der Waals surface area contributed by atoms with Gasteiger partial charge in [-0.25, -0.2) is 0 Å². The van der Waals surface area contributed by atoms with Crippen molar-refractivity contribution in [1.29, 1.82) is 5.26 Å². The summed E-state index contributed by atoms with van der Waals surface area (Å²) in [5.74, 6) is 0. The molecule has 1 heterocycles. The summed E-state index contributed by atoms with van der Waals surface area (Å²) in [6.07, 6.45) is 0. The van der Waals surface area contributed by atoms with Gasteiger partial charge in [0.2, 0.25) is 0 Å². The molecule has 0 N–H and O–H groups in total. The highest BCUT2D eigenvalue weighted by Crippen LogP contribution is 2.19. The van der Waals surface area contributed by atoms with Crippen molar-refractivity contribution in [2.75, 3.05) is 0 Å². The van der Waals surface area contributed by atoms with Crippen molar-refractivity contribution in [2.24, 2.45) is 0 Å². The zero-order valence-corrected chi connectivity index (χ0v) is 11.0. The molecule has 0 spiro atoms. The quantitative estimate of drug-likeness (QED) is 0.674. The summed E-state index contributed by atoms with van der Waals surface area (Å²) < 4.78 is 1.60. The number of benzene rings is 2. The van der Waals surface area contributed by atoms with Gasteiger partial charge in [0, 0.05) is 11.1 Å². The van der Waals surface area contributed by atoms with Crippen LogP contribution in [0.5, 0.6) is 0 Å². The second kappa shape index (κ2) is 4.67. The van der Waals surface area contributed by atoms with E-state index in [4.69, 9.17) is 5.26 Å². The van der Waals surface area contributed by atoms with Gasteiger partial charge in [-0.05, 0) is 36.8 Å². The van der Waals surface area contributed by atoms with Crippen LogP contribution in [0.2, 0.25) is 0 Å². The van der Waals surface area contributed by atoms with Crippen molar-refractivity contribution in [3.05, 3.63) is 76.1 Å². The highest BCUT2D eigenvalue weighted by atomic mass is 16.1. The topological polar surface area (TPSA) is 45.8 Å². The number of aryl methyl sites for hydroxylation is 1. The van der Waals surface area contributed by atoms with Crippen molar-refractivity contribution >= 4 is 10.9 Å². The molecule has 0 bridgehead atoms. The lowest BCUT2D eigenvalue weighted by Crippen LogP contribution is -2.21. The van der Waals surface area contributed by atoms with Crippen LogP contribution in [0.25, 0.3) is 16.6 Å². The van der Waals surface area contributed by atoms with Crippen molar-refractivity contribution in [2.45, 2.75) is 6.92 Å². The first kappa shape index (κ1) is 12.2. The first-order valence-electron chi connectivity index (χ1n) is 6.32. The van der Waals surface area contributed by atoms with Crippen molar-refractivity contribution in [3.8, 4) is 11.8 Å². The second-order valence-electron chi connectivity index (χ2n) is 4.71. The van der Waals surface area contributed by atoms with Gasteiger partial charge in [0.15, 0.2) is 0 Å². The van der Waals surface area contributed by atoms with Crippen molar-refractivity contribution in [3.63, 3.8) is 0 Å². The van der Waals surface area contributed by atoms with Crippen LogP contribution in [0, 0.1) is 18.3 Å². The van der Waals surface area contributed by atoms with Gasteiger partial charge in [0.1, 0.15) is 11.6 Å². The predicted octanol–water partition coefficient (Wildman–Crippen LogP) is 3.17. The van der Waals surface area contributed by atoms with Crippen molar-refractivity contribution in [1.82, 2.24) is 4.57 Å². The van der Waals surface area contributed by atoms with Gasteiger partial charge in [-0.15, -0.1) is 0 Å². The molecule has 3 rings (SSSR count). The van der Waals surface area contributed by atoms with Gasteiger partial charge >= 0.3 is 0 Å². The van der Waals surface area contributed by atoms with Crippen LogP contribution in [0.15, 0.2) is 59.4 Å². The first-order valence-corrected chi connectivity index (χ1v) is 6.32. The lowest BCUT2D eigenvalue weighted by atomic mass is 10.1. The van der Waals surface area contributed by atoms with E-state index in [2.05, 4.69) is 0 Å². The molecule has 0 fully saturated rings. The summed E-state index contributed by atoms with van der Waals surface area (Å²) in [4.78, 5) is 12.5. The molecule has 3 aromatic rings. The van der Waals surface area contributed by atoms with E-state index in [0.717, 1.165) is 22.2 Å². The SMILES string of the molecule is Cc1ccc2cc(C#N)c(=O)n(-c3ccccc3)c2c1. The number of aromatic nitrogens is 1. The lowest BCUT2D eigenvalue weighted by molar-refractivity contribution is 1.03. The van der Waals surface area contributed by atoms with E-state index in [9.17, 15) is 4.79 Å². The fourth-order valence-corrected chi connectivity index (χ4v) is 2.33. The minimum absolute atomic E-state index is 0.158. The fraction of sp³-hybridized carbons (Fsp3) is 0.0588. The summed E-state index contributed by atoms with van der Waals surface area (Å²) >= 11 is 0. The minimum Gasteiger partial charge on any atom is -0.276 e. The van der Waals surface area contributed by atoms with E-state index in [1.54, 1.807) is 10.6 Å². The van der Waals surface area contributed by atoms with Gasteiger partial charge in [-0.1, -0.05) is 30.3 Å². The molecule has 0 unspecified atom stereocenters. The third-order valence-corrected chi connectivity index (χ3v) is 3.30. The molecule has 2 aromatic carbocycles. The molecular formula is C17H12N2O. The third-order valence-electron chi connectivity index (χ3n) is 3.30. The molecule has 0 saturated heterocycles. The van der Waals surface area contributed by atoms with Gasteiger partial charge in [-0.3, -0.25) is 9.36 Å². The summed E-state index contributed by atoms with van der Waals surface area (Å²) in [7, 11) is 0. The van der Waals surface area contributed by atoms with Crippen LogP contribution in [0.3, 0.4) is 0 Å². The maximum absolute atomic E-state index is 12.5. The molecule has 3 nitrogen and oxygen atoms in total. The zero-order valence-electron chi connectivity index (χ0n) is 11.0. The number of rotatable bonds is 1. The Morgan fingerprint density at radius 1 is 1.05 bits per heavy atom. The van der Waals surface area contributed by atoms with Gasteiger partial charge in [0.05, 0.1) is 5.52 Å². The monoisotopic (exact) mass is 260 g/mol. The Bertz CT molecular complexity index is 886. The number of nitrogens with zero attached hydrogens (tertiary/aromatic N) is 2. The van der Waals surface area contributed by atoms with E-state index < -0.39 is 0 Å². The molecule has 96 valence electrons. The molecule has 0 aliphatic heterocycles. The summed E-state index contributed by atoms with van der Waals surface area (Å²) in [5.41, 5.74) is 2.54. The number of nitriles is 1. The summed E-state index contributed by atoms with van der Waals surface area (Å²) in [5, 5.41) is 10.0. The Morgan fingerprint density at radius 3 is 2.50 bits per heavy atom. The predicted molar refractivity (Wildman–Crippen MR) is 79.0 cm³/mol. The Labute approximate surface area is 116 Å². The van der Waals surface area contributed by atoms with Crippen LogP contribution in [-0.4, -0.2) is 4.57 Å². The highest BCUT2D eigenvalue weighted by Gasteiger charge is 2.10. The summed E-state index contributed by atoms with van der Waals surface area (Å²) in [6.45, 7) is 1.98. The molecule has 1 aromatic heterocycles. The zero-order chi connectivity index (χ0) is 14.1.